The topological polar surface area (TPSA) is 78.0 Å². The molecule has 1 unspecified atom stereocenters. The van der Waals surface area contributed by atoms with Gasteiger partial charge in [-0.1, -0.05) is 18.2 Å². The van der Waals surface area contributed by atoms with Crippen LogP contribution >= 0.6 is 11.6 Å². The van der Waals surface area contributed by atoms with Gasteiger partial charge in [-0.15, -0.1) is 11.6 Å². The lowest BCUT2D eigenvalue weighted by atomic mass is 10.0. The first kappa shape index (κ1) is 14.3. The maximum Gasteiger partial charge on any atom is 0.411 e. The van der Waals surface area contributed by atoms with Gasteiger partial charge < -0.3 is 10.1 Å². The summed E-state index contributed by atoms with van der Waals surface area (Å²) in [7, 11) is 0. The number of imidazole rings is 1. The van der Waals surface area contributed by atoms with E-state index in [1.165, 1.54) is 12.1 Å². The van der Waals surface area contributed by atoms with Crippen LogP contribution in [0.15, 0.2) is 42.5 Å². The molecule has 0 saturated heterocycles. The summed E-state index contributed by atoms with van der Waals surface area (Å²) >= 11 is 6.41. The number of nitrogens with one attached hydrogen (secondary N) is 2. The summed E-state index contributed by atoms with van der Waals surface area (Å²) in [4.78, 5) is 17.6. The molecule has 112 valence electrons. The maximum absolute atomic E-state index is 13.0. The van der Waals surface area contributed by atoms with Gasteiger partial charge in [0, 0.05) is 0 Å². The number of halogens is 2. The largest absolute Gasteiger partial charge is 0.465 e. The summed E-state index contributed by atoms with van der Waals surface area (Å²) in [5.41, 5.74) is 2.85. The van der Waals surface area contributed by atoms with E-state index in [0.29, 0.717) is 11.0 Å². The third kappa shape index (κ3) is 2.87. The number of aromatic nitrogens is 2. The Morgan fingerprint density at radius 1 is 1.23 bits per heavy atom. The highest BCUT2D eigenvalue weighted by Gasteiger charge is 2.13. The van der Waals surface area contributed by atoms with Gasteiger partial charge in [0.1, 0.15) is 5.82 Å². The molecule has 3 rings (SSSR count). The molecule has 0 aliphatic carbocycles. The van der Waals surface area contributed by atoms with Gasteiger partial charge in [0.25, 0.3) is 0 Å². The quantitative estimate of drug-likeness (QED) is 0.635. The molecule has 0 spiro atoms. The molecule has 0 aliphatic heterocycles. The summed E-state index contributed by atoms with van der Waals surface area (Å²) in [5, 5.41) is 10.4. The Kier molecular flexibility index (Phi) is 3.68. The monoisotopic (exact) mass is 319 g/mol. The van der Waals surface area contributed by atoms with Crippen LogP contribution in [-0.4, -0.2) is 21.2 Å². The Hall–Kier alpha value is -2.60. The second kappa shape index (κ2) is 5.65. The minimum absolute atomic E-state index is 0.146. The Labute approximate surface area is 129 Å². The zero-order chi connectivity index (χ0) is 15.7. The Balaban J connectivity index is 1.93. The summed E-state index contributed by atoms with van der Waals surface area (Å²) < 4.78 is 13.0. The average molecular weight is 320 g/mol. The number of H-pyrrole nitrogens is 1. The molecule has 0 fully saturated rings. The van der Waals surface area contributed by atoms with Crippen molar-refractivity contribution in [2.75, 3.05) is 5.32 Å². The molecule has 22 heavy (non-hydrogen) atoms. The fourth-order valence-corrected chi connectivity index (χ4v) is 2.45. The van der Waals surface area contributed by atoms with Crippen LogP contribution in [0.25, 0.3) is 11.0 Å². The molecule has 0 saturated carbocycles. The van der Waals surface area contributed by atoms with Crippen LogP contribution in [-0.2, 0) is 0 Å². The van der Waals surface area contributed by atoms with Crippen LogP contribution in [0.1, 0.15) is 16.5 Å². The van der Waals surface area contributed by atoms with Gasteiger partial charge in [0.05, 0.1) is 16.4 Å². The molecular weight excluding hydrogens is 309 g/mol. The zero-order valence-corrected chi connectivity index (χ0v) is 11.9. The molecule has 0 bridgehead atoms. The van der Waals surface area contributed by atoms with Crippen LogP contribution in [0.2, 0.25) is 0 Å². The van der Waals surface area contributed by atoms with Crippen molar-refractivity contribution in [1.29, 1.82) is 0 Å². The Bertz CT molecular complexity index is 832. The molecule has 5 nitrogen and oxygen atoms in total. The standard InChI is InChI=1S/C15H11ClFN3O2/c16-13(8-1-4-10(17)5-2-8)9-3-6-11-12(7-9)19-14(18-11)20-15(21)22/h1-7,13H,(H,21,22)(H2,18,19,20). The SMILES string of the molecule is O=C(O)Nc1nc2ccc(C(Cl)c3ccc(F)cc3)cc2[nH]1. The highest BCUT2D eigenvalue weighted by Crippen LogP contribution is 2.30. The first-order chi connectivity index (χ1) is 10.5. The molecule has 7 heteroatoms. The van der Waals surface area contributed by atoms with Crippen molar-refractivity contribution in [3.63, 3.8) is 0 Å². The molecule has 1 amide bonds. The lowest BCUT2D eigenvalue weighted by Crippen LogP contribution is -2.08. The van der Waals surface area contributed by atoms with Crippen molar-refractivity contribution in [3.05, 3.63) is 59.4 Å². The molecule has 1 aromatic heterocycles. The van der Waals surface area contributed by atoms with Crippen molar-refractivity contribution in [1.82, 2.24) is 9.97 Å². The van der Waals surface area contributed by atoms with E-state index in [2.05, 4.69) is 15.3 Å². The number of carbonyl (C=O) groups is 1. The second-order valence-corrected chi connectivity index (χ2v) is 5.14. The van der Waals surface area contributed by atoms with Crippen LogP contribution in [0.3, 0.4) is 0 Å². The van der Waals surface area contributed by atoms with Crippen LogP contribution < -0.4 is 5.32 Å². The number of rotatable bonds is 3. The van der Waals surface area contributed by atoms with E-state index in [1.54, 1.807) is 30.3 Å². The van der Waals surface area contributed by atoms with Gasteiger partial charge in [-0.25, -0.2) is 14.2 Å². The van der Waals surface area contributed by atoms with Crippen LogP contribution in [0.4, 0.5) is 15.1 Å². The minimum atomic E-state index is -1.19. The van der Waals surface area contributed by atoms with Crippen molar-refractivity contribution in [3.8, 4) is 0 Å². The average Bonchev–Trinajstić information content (AvgIpc) is 2.87. The predicted octanol–water partition coefficient (Wildman–Crippen LogP) is 4.12. The number of hydrogen-bond donors (Lipinski definition) is 3. The van der Waals surface area contributed by atoms with Gasteiger partial charge in [-0.3, -0.25) is 5.32 Å². The molecule has 3 aromatic rings. The number of hydrogen-bond acceptors (Lipinski definition) is 2. The molecule has 1 atom stereocenters. The third-order valence-corrected chi connectivity index (χ3v) is 3.69. The highest BCUT2D eigenvalue weighted by molar-refractivity contribution is 6.22. The molecule has 1 heterocycles. The van der Waals surface area contributed by atoms with Gasteiger partial charge in [0.2, 0.25) is 5.95 Å². The van der Waals surface area contributed by atoms with E-state index in [-0.39, 0.29) is 11.8 Å². The van der Waals surface area contributed by atoms with Crippen molar-refractivity contribution in [2.24, 2.45) is 0 Å². The summed E-state index contributed by atoms with van der Waals surface area (Å²) in [5.74, 6) is -0.173. The van der Waals surface area contributed by atoms with E-state index >= 15 is 0 Å². The number of amides is 1. The first-order valence-electron chi connectivity index (χ1n) is 6.42. The number of alkyl halides is 1. The van der Waals surface area contributed by atoms with E-state index in [4.69, 9.17) is 16.7 Å². The lowest BCUT2D eigenvalue weighted by Gasteiger charge is -2.10. The normalized spacial score (nSPS) is 12.3. The number of benzene rings is 2. The van der Waals surface area contributed by atoms with Crippen LogP contribution in [0.5, 0.6) is 0 Å². The summed E-state index contributed by atoms with van der Waals surface area (Å²) in [6.07, 6.45) is -1.19. The number of fused-ring (bicyclic) bond motifs is 1. The minimum Gasteiger partial charge on any atom is -0.465 e. The molecule has 0 aliphatic rings. The smallest absolute Gasteiger partial charge is 0.411 e. The predicted molar refractivity (Wildman–Crippen MR) is 81.8 cm³/mol. The van der Waals surface area contributed by atoms with E-state index in [0.717, 1.165) is 11.1 Å². The highest BCUT2D eigenvalue weighted by atomic mass is 35.5. The van der Waals surface area contributed by atoms with Gasteiger partial charge in [-0.2, -0.15) is 0 Å². The third-order valence-electron chi connectivity index (χ3n) is 3.19. The van der Waals surface area contributed by atoms with Gasteiger partial charge in [0.15, 0.2) is 0 Å². The van der Waals surface area contributed by atoms with Crippen molar-refractivity contribution in [2.45, 2.75) is 5.38 Å². The fourth-order valence-electron chi connectivity index (χ4n) is 2.17. The second-order valence-electron chi connectivity index (χ2n) is 4.71. The van der Waals surface area contributed by atoms with Crippen molar-refractivity contribution >= 4 is 34.7 Å². The number of carboxylic acid groups (broad SMARTS) is 1. The van der Waals surface area contributed by atoms with E-state index in [9.17, 15) is 9.18 Å². The number of nitrogens with zero attached hydrogens (tertiary/aromatic N) is 1. The molecule has 0 radical (unpaired) electrons. The first-order valence-corrected chi connectivity index (χ1v) is 6.86. The number of aromatic amines is 1. The van der Waals surface area contributed by atoms with Crippen molar-refractivity contribution < 1.29 is 14.3 Å². The zero-order valence-electron chi connectivity index (χ0n) is 11.2. The molecule has 2 aromatic carbocycles. The number of anilines is 1. The summed E-state index contributed by atoms with van der Waals surface area (Å²) in [6, 6.07) is 11.3. The van der Waals surface area contributed by atoms with Gasteiger partial charge in [-0.05, 0) is 35.4 Å². The maximum atomic E-state index is 13.0. The Morgan fingerprint density at radius 3 is 2.59 bits per heavy atom. The molecule has 3 N–H and O–H groups in total. The summed E-state index contributed by atoms with van der Waals surface area (Å²) in [6.45, 7) is 0. The fraction of sp³-hybridized carbons (Fsp3) is 0.0667. The van der Waals surface area contributed by atoms with Gasteiger partial charge >= 0.3 is 6.09 Å². The van der Waals surface area contributed by atoms with E-state index in [1.807, 2.05) is 0 Å². The Morgan fingerprint density at radius 2 is 1.91 bits per heavy atom. The molecular formula is C15H11ClFN3O2. The van der Waals surface area contributed by atoms with E-state index < -0.39 is 11.5 Å². The lowest BCUT2D eigenvalue weighted by molar-refractivity contribution is 0.209. The van der Waals surface area contributed by atoms with Crippen LogP contribution in [0, 0.1) is 5.82 Å².